The molecule has 0 bridgehead atoms. The Labute approximate surface area is 157 Å². The fourth-order valence-electron chi connectivity index (χ4n) is 3.35. The Balaban J connectivity index is 2.18. The van der Waals surface area contributed by atoms with E-state index in [0.29, 0.717) is 6.61 Å². The molecule has 1 atom stereocenters. The lowest BCUT2D eigenvalue weighted by molar-refractivity contribution is -0.137. The van der Waals surface area contributed by atoms with Gasteiger partial charge in [-0.15, -0.1) is 0 Å². The summed E-state index contributed by atoms with van der Waals surface area (Å²) >= 11 is 0. The van der Waals surface area contributed by atoms with E-state index in [2.05, 4.69) is 39.0 Å². The molecule has 0 spiro atoms. The Morgan fingerprint density at radius 3 is 2.77 bits per heavy atom. The van der Waals surface area contributed by atoms with E-state index in [1.54, 1.807) is 6.92 Å². The fraction of sp³-hybridized carbons (Fsp3) is 0.435. The van der Waals surface area contributed by atoms with Crippen molar-refractivity contribution in [3.63, 3.8) is 0 Å². The quantitative estimate of drug-likeness (QED) is 0.446. The molecule has 3 nitrogen and oxygen atoms in total. The SMILES string of the molecule is CCOC(=O)/C=C(C)/C=C/C=C(\C)c1ccc2c(c1)C(O)CCC2(C)C. The lowest BCUT2D eigenvalue weighted by Gasteiger charge is -2.35. The number of hydrogen-bond acceptors (Lipinski definition) is 3. The smallest absolute Gasteiger partial charge is 0.330 e. The predicted octanol–water partition coefficient (Wildman–Crippen LogP) is 5.26. The van der Waals surface area contributed by atoms with Gasteiger partial charge < -0.3 is 9.84 Å². The second kappa shape index (κ2) is 8.50. The van der Waals surface area contributed by atoms with Crippen molar-refractivity contribution in [3.05, 3.63) is 64.8 Å². The molecule has 0 radical (unpaired) electrons. The van der Waals surface area contributed by atoms with E-state index in [1.165, 1.54) is 11.6 Å². The van der Waals surface area contributed by atoms with Crippen LogP contribution in [0.4, 0.5) is 0 Å². The zero-order chi connectivity index (χ0) is 19.3. The second-order valence-corrected chi connectivity index (χ2v) is 7.59. The fourth-order valence-corrected chi connectivity index (χ4v) is 3.35. The molecule has 3 heteroatoms. The highest BCUT2D eigenvalue weighted by molar-refractivity contribution is 5.83. The van der Waals surface area contributed by atoms with E-state index in [0.717, 1.165) is 35.1 Å². The minimum Gasteiger partial charge on any atom is -0.463 e. The average Bonchev–Trinajstić information content (AvgIpc) is 2.58. The first-order chi connectivity index (χ1) is 12.2. The van der Waals surface area contributed by atoms with Gasteiger partial charge in [0.15, 0.2) is 0 Å². The van der Waals surface area contributed by atoms with Crippen LogP contribution >= 0.6 is 0 Å². The second-order valence-electron chi connectivity index (χ2n) is 7.59. The third-order valence-corrected chi connectivity index (χ3v) is 4.98. The van der Waals surface area contributed by atoms with Gasteiger partial charge in [-0.3, -0.25) is 0 Å². The molecule has 1 aliphatic rings. The number of aliphatic hydroxyl groups excluding tert-OH is 1. The summed E-state index contributed by atoms with van der Waals surface area (Å²) in [7, 11) is 0. The van der Waals surface area contributed by atoms with E-state index in [1.807, 2.05) is 25.2 Å². The third-order valence-electron chi connectivity index (χ3n) is 4.98. The zero-order valence-electron chi connectivity index (χ0n) is 16.5. The van der Waals surface area contributed by atoms with Crippen molar-refractivity contribution in [2.45, 2.75) is 59.0 Å². The molecule has 1 N–H and O–H groups in total. The monoisotopic (exact) mass is 354 g/mol. The predicted molar refractivity (Wildman–Crippen MR) is 107 cm³/mol. The van der Waals surface area contributed by atoms with Crippen LogP contribution in [0.5, 0.6) is 0 Å². The number of fused-ring (bicyclic) bond motifs is 1. The van der Waals surface area contributed by atoms with Crippen LogP contribution in [-0.4, -0.2) is 17.7 Å². The molecule has 0 saturated heterocycles. The van der Waals surface area contributed by atoms with Gasteiger partial charge in [-0.05, 0) is 72.9 Å². The third kappa shape index (κ3) is 4.95. The van der Waals surface area contributed by atoms with Gasteiger partial charge >= 0.3 is 5.97 Å². The molecule has 1 unspecified atom stereocenters. The molecule has 0 amide bonds. The summed E-state index contributed by atoms with van der Waals surface area (Å²) in [6.45, 7) is 10.6. The van der Waals surface area contributed by atoms with Crippen LogP contribution < -0.4 is 0 Å². The number of aliphatic hydroxyl groups is 1. The van der Waals surface area contributed by atoms with Crippen molar-refractivity contribution in [1.82, 2.24) is 0 Å². The first-order valence-electron chi connectivity index (χ1n) is 9.27. The van der Waals surface area contributed by atoms with E-state index < -0.39 is 0 Å². The number of esters is 1. The zero-order valence-corrected chi connectivity index (χ0v) is 16.5. The van der Waals surface area contributed by atoms with Crippen molar-refractivity contribution in [1.29, 1.82) is 0 Å². The van der Waals surface area contributed by atoms with Crippen molar-refractivity contribution < 1.29 is 14.6 Å². The first kappa shape index (κ1) is 20.2. The Bertz CT molecular complexity index is 751. The number of carbonyl (C=O) groups excluding carboxylic acids is 1. The molecule has 1 aromatic rings. The molecular weight excluding hydrogens is 324 g/mol. The van der Waals surface area contributed by atoms with Gasteiger partial charge in [-0.2, -0.15) is 0 Å². The van der Waals surface area contributed by atoms with Crippen LogP contribution in [0.1, 0.15) is 70.3 Å². The molecule has 0 saturated carbocycles. The van der Waals surface area contributed by atoms with Crippen LogP contribution in [0.2, 0.25) is 0 Å². The summed E-state index contributed by atoms with van der Waals surface area (Å²) in [5.74, 6) is -0.318. The highest BCUT2D eigenvalue weighted by Crippen LogP contribution is 2.42. The molecule has 2 rings (SSSR count). The Hall–Kier alpha value is -2.13. The standard InChI is InChI=1S/C23H30O3/c1-6-26-22(25)14-16(2)8-7-9-17(3)18-10-11-20-19(15-18)21(24)12-13-23(20,4)5/h7-11,14-15,21,24H,6,12-13H2,1-5H3/b8-7+,16-14+,17-9+. The largest absolute Gasteiger partial charge is 0.463 e. The van der Waals surface area contributed by atoms with Crippen molar-refractivity contribution in [2.75, 3.05) is 6.61 Å². The first-order valence-corrected chi connectivity index (χ1v) is 9.27. The highest BCUT2D eigenvalue weighted by Gasteiger charge is 2.31. The molecule has 140 valence electrons. The lowest BCUT2D eigenvalue weighted by Crippen LogP contribution is -2.26. The summed E-state index contributed by atoms with van der Waals surface area (Å²) in [5, 5.41) is 10.4. The minimum absolute atomic E-state index is 0.111. The number of ether oxygens (including phenoxy) is 1. The minimum atomic E-state index is -0.379. The summed E-state index contributed by atoms with van der Waals surface area (Å²) in [6, 6.07) is 6.39. The number of rotatable bonds is 5. The summed E-state index contributed by atoms with van der Waals surface area (Å²) in [6.07, 6.45) is 8.76. The number of hydrogen-bond donors (Lipinski definition) is 1. The van der Waals surface area contributed by atoms with Crippen molar-refractivity contribution in [3.8, 4) is 0 Å². The normalized spacial score (nSPS) is 20.2. The highest BCUT2D eigenvalue weighted by atomic mass is 16.5. The summed E-state index contributed by atoms with van der Waals surface area (Å²) in [5.41, 5.74) is 5.47. The van der Waals surface area contributed by atoms with E-state index in [-0.39, 0.29) is 17.5 Å². The Kier molecular flexibility index (Phi) is 6.60. The van der Waals surface area contributed by atoms with Crippen molar-refractivity contribution >= 4 is 11.5 Å². The van der Waals surface area contributed by atoms with Gasteiger partial charge in [0.1, 0.15) is 0 Å². The van der Waals surface area contributed by atoms with Gasteiger partial charge in [0.05, 0.1) is 12.7 Å². The van der Waals surface area contributed by atoms with Crippen LogP contribution in [0, 0.1) is 0 Å². The lowest BCUT2D eigenvalue weighted by atomic mass is 9.71. The number of benzene rings is 1. The molecule has 1 aliphatic carbocycles. The maximum atomic E-state index is 11.4. The molecule has 0 heterocycles. The van der Waals surface area contributed by atoms with Crippen LogP contribution in [0.15, 0.2) is 48.1 Å². The molecule has 0 aliphatic heterocycles. The van der Waals surface area contributed by atoms with Gasteiger partial charge in [-0.25, -0.2) is 4.79 Å². The molecule has 0 fully saturated rings. The van der Waals surface area contributed by atoms with Gasteiger partial charge in [0.2, 0.25) is 0 Å². The topological polar surface area (TPSA) is 46.5 Å². The van der Waals surface area contributed by atoms with Crippen LogP contribution in [0.25, 0.3) is 5.57 Å². The maximum Gasteiger partial charge on any atom is 0.330 e. The average molecular weight is 354 g/mol. The summed E-state index contributed by atoms with van der Waals surface area (Å²) < 4.78 is 4.90. The maximum absolute atomic E-state index is 11.4. The van der Waals surface area contributed by atoms with Gasteiger partial charge in [-0.1, -0.05) is 44.2 Å². The van der Waals surface area contributed by atoms with E-state index in [4.69, 9.17) is 4.74 Å². The van der Waals surface area contributed by atoms with Gasteiger partial charge in [0, 0.05) is 6.08 Å². The number of allylic oxidation sites excluding steroid dienone is 5. The van der Waals surface area contributed by atoms with E-state index in [9.17, 15) is 9.90 Å². The molecule has 26 heavy (non-hydrogen) atoms. The Morgan fingerprint density at radius 2 is 2.08 bits per heavy atom. The van der Waals surface area contributed by atoms with Crippen LogP contribution in [0.3, 0.4) is 0 Å². The molecule has 1 aromatic carbocycles. The van der Waals surface area contributed by atoms with Crippen molar-refractivity contribution in [2.24, 2.45) is 0 Å². The molecule has 0 aromatic heterocycles. The summed E-state index contributed by atoms with van der Waals surface area (Å²) in [4.78, 5) is 11.4. The van der Waals surface area contributed by atoms with Gasteiger partial charge in [0.25, 0.3) is 0 Å². The van der Waals surface area contributed by atoms with E-state index >= 15 is 0 Å². The number of carbonyl (C=O) groups is 1. The Morgan fingerprint density at radius 1 is 1.35 bits per heavy atom. The molecular formula is C23H30O3. The van der Waals surface area contributed by atoms with Crippen LogP contribution in [-0.2, 0) is 14.9 Å².